The lowest BCUT2D eigenvalue weighted by atomic mass is 10.1. The van der Waals surface area contributed by atoms with E-state index in [1.165, 1.54) is 16.0 Å². The van der Waals surface area contributed by atoms with Crippen LogP contribution in [0.25, 0.3) is 27.4 Å². The van der Waals surface area contributed by atoms with E-state index in [9.17, 15) is 0 Å². The number of aromatic nitrogens is 4. The van der Waals surface area contributed by atoms with E-state index >= 15 is 0 Å². The average molecular weight is 446 g/mol. The zero-order valence-corrected chi connectivity index (χ0v) is 19.1. The maximum absolute atomic E-state index is 6.02. The Bertz CT molecular complexity index is 1460. The van der Waals surface area contributed by atoms with Crippen LogP contribution >= 0.6 is 11.3 Å². The molecule has 0 spiro atoms. The summed E-state index contributed by atoms with van der Waals surface area (Å²) in [5, 5.41) is 5.77. The van der Waals surface area contributed by atoms with E-state index in [-0.39, 0.29) is 0 Å². The summed E-state index contributed by atoms with van der Waals surface area (Å²) in [5.41, 5.74) is 4.48. The molecule has 162 valence electrons. The van der Waals surface area contributed by atoms with Crippen LogP contribution in [0.2, 0.25) is 0 Å². The molecule has 0 saturated carbocycles. The Balaban J connectivity index is 1.31. The second-order valence-electron chi connectivity index (χ2n) is 8.44. The minimum Gasteiger partial charge on any atom is -0.485 e. The topological polar surface area (TPSA) is 68.7 Å². The van der Waals surface area contributed by atoms with Crippen molar-refractivity contribution in [3.05, 3.63) is 64.0 Å². The summed E-state index contributed by atoms with van der Waals surface area (Å²) >= 11 is 1.76. The maximum atomic E-state index is 6.02. The molecule has 5 aromatic rings. The summed E-state index contributed by atoms with van der Waals surface area (Å²) in [6.45, 7) is 6.46. The van der Waals surface area contributed by atoms with Crippen molar-refractivity contribution in [2.24, 2.45) is 0 Å². The standard InChI is InChI=1S/C24H23N5O2S/c1-14-4-5-15(2)19(10-14)30-12-16-6-7-18(31-16)22-26-23-21-17-8-9-28(3)11-20(17)32-24(21)25-13-29(23)27-22/h4-7,10,13H,8-9,11-12H2,1-3H3. The third-order valence-corrected chi connectivity index (χ3v) is 7.09. The summed E-state index contributed by atoms with van der Waals surface area (Å²) < 4.78 is 13.8. The van der Waals surface area contributed by atoms with Crippen molar-refractivity contribution >= 4 is 27.2 Å². The zero-order valence-electron chi connectivity index (χ0n) is 18.3. The van der Waals surface area contributed by atoms with Gasteiger partial charge in [-0.15, -0.1) is 16.4 Å². The molecule has 0 N–H and O–H groups in total. The maximum Gasteiger partial charge on any atom is 0.217 e. The molecule has 1 aliphatic heterocycles. The molecule has 4 aromatic heterocycles. The lowest BCUT2D eigenvalue weighted by molar-refractivity contribution is 0.270. The number of furan rings is 1. The monoisotopic (exact) mass is 445 g/mol. The van der Waals surface area contributed by atoms with Crippen LogP contribution in [-0.2, 0) is 19.6 Å². The van der Waals surface area contributed by atoms with E-state index in [1.54, 1.807) is 22.2 Å². The van der Waals surface area contributed by atoms with Crippen LogP contribution in [0.4, 0.5) is 0 Å². The van der Waals surface area contributed by atoms with Crippen LogP contribution in [0.5, 0.6) is 5.75 Å². The van der Waals surface area contributed by atoms with E-state index in [0.717, 1.165) is 52.4 Å². The second-order valence-corrected chi connectivity index (χ2v) is 9.53. The van der Waals surface area contributed by atoms with Gasteiger partial charge in [0.15, 0.2) is 11.4 Å². The fraction of sp³-hybridized carbons (Fsp3) is 0.292. The number of nitrogens with zero attached hydrogens (tertiary/aromatic N) is 5. The fourth-order valence-corrected chi connectivity index (χ4v) is 5.47. The molecule has 8 heteroatoms. The molecule has 5 heterocycles. The number of thiophene rings is 1. The predicted octanol–water partition coefficient (Wildman–Crippen LogP) is 4.78. The number of hydrogen-bond donors (Lipinski definition) is 0. The van der Waals surface area contributed by atoms with Gasteiger partial charge in [0.1, 0.15) is 29.3 Å². The first-order chi connectivity index (χ1) is 15.5. The highest BCUT2D eigenvalue weighted by atomic mass is 32.1. The molecule has 0 bridgehead atoms. The van der Waals surface area contributed by atoms with Gasteiger partial charge in [-0.3, -0.25) is 0 Å². The number of rotatable bonds is 4. The van der Waals surface area contributed by atoms with Gasteiger partial charge in [0.2, 0.25) is 5.82 Å². The second kappa shape index (κ2) is 7.43. The highest BCUT2D eigenvalue weighted by molar-refractivity contribution is 7.19. The molecule has 0 aliphatic carbocycles. The number of likely N-dealkylation sites (N-methyl/N-ethyl adjacent to an activating group) is 1. The summed E-state index contributed by atoms with van der Waals surface area (Å²) in [7, 11) is 2.16. The number of ether oxygens (including phenoxy) is 1. The van der Waals surface area contributed by atoms with Crippen molar-refractivity contribution in [3.63, 3.8) is 0 Å². The molecule has 0 amide bonds. The molecule has 7 nitrogen and oxygen atoms in total. The molecule has 32 heavy (non-hydrogen) atoms. The molecule has 0 fully saturated rings. The lowest BCUT2D eigenvalue weighted by Gasteiger charge is -2.21. The quantitative estimate of drug-likeness (QED) is 0.396. The van der Waals surface area contributed by atoms with Gasteiger partial charge in [0.25, 0.3) is 0 Å². The van der Waals surface area contributed by atoms with Crippen LogP contribution in [0.15, 0.2) is 41.1 Å². The summed E-state index contributed by atoms with van der Waals surface area (Å²) in [6.07, 6.45) is 2.75. The Morgan fingerprint density at radius 3 is 3.00 bits per heavy atom. The Morgan fingerprint density at radius 1 is 1.19 bits per heavy atom. The van der Waals surface area contributed by atoms with Crippen molar-refractivity contribution in [2.75, 3.05) is 13.6 Å². The van der Waals surface area contributed by atoms with Gasteiger partial charge >= 0.3 is 0 Å². The van der Waals surface area contributed by atoms with Crippen molar-refractivity contribution in [1.29, 1.82) is 0 Å². The van der Waals surface area contributed by atoms with Gasteiger partial charge in [0, 0.05) is 18.0 Å². The molecule has 0 radical (unpaired) electrons. The van der Waals surface area contributed by atoms with Crippen molar-refractivity contribution in [1.82, 2.24) is 24.5 Å². The highest BCUT2D eigenvalue weighted by Gasteiger charge is 2.23. The molecule has 6 rings (SSSR count). The first kappa shape index (κ1) is 19.5. The normalized spacial score (nSPS) is 14.3. The summed E-state index contributed by atoms with van der Waals surface area (Å²) in [6, 6.07) is 10.0. The smallest absolute Gasteiger partial charge is 0.217 e. The van der Waals surface area contributed by atoms with E-state index in [0.29, 0.717) is 18.2 Å². The van der Waals surface area contributed by atoms with E-state index < -0.39 is 0 Å². The van der Waals surface area contributed by atoms with Crippen molar-refractivity contribution < 1.29 is 9.15 Å². The minimum absolute atomic E-state index is 0.356. The van der Waals surface area contributed by atoms with Crippen molar-refractivity contribution in [2.45, 2.75) is 33.4 Å². The first-order valence-corrected chi connectivity index (χ1v) is 11.5. The molecule has 1 aliphatic rings. The van der Waals surface area contributed by atoms with Gasteiger partial charge in [-0.25, -0.2) is 14.5 Å². The number of benzene rings is 1. The van der Waals surface area contributed by atoms with Gasteiger partial charge < -0.3 is 14.1 Å². The number of hydrogen-bond acceptors (Lipinski definition) is 7. The van der Waals surface area contributed by atoms with Crippen LogP contribution in [-0.4, -0.2) is 38.1 Å². The van der Waals surface area contributed by atoms with Crippen molar-refractivity contribution in [3.8, 4) is 17.3 Å². The van der Waals surface area contributed by atoms with E-state index in [4.69, 9.17) is 14.1 Å². The average Bonchev–Trinajstić information content (AvgIpc) is 3.49. The molecule has 0 atom stereocenters. The molecular formula is C24H23N5O2S. The third-order valence-electron chi connectivity index (χ3n) is 5.96. The van der Waals surface area contributed by atoms with E-state index in [1.807, 2.05) is 25.1 Å². The summed E-state index contributed by atoms with van der Waals surface area (Å²) in [4.78, 5) is 14.2. The Morgan fingerprint density at radius 2 is 2.09 bits per heavy atom. The number of fused-ring (bicyclic) bond motifs is 5. The fourth-order valence-electron chi connectivity index (χ4n) is 4.21. The molecule has 1 aromatic carbocycles. The van der Waals surface area contributed by atoms with Gasteiger partial charge in [-0.2, -0.15) is 0 Å². The predicted molar refractivity (Wildman–Crippen MR) is 124 cm³/mol. The van der Waals surface area contributed by atoms with Crippen LogP contribution < -0.4 is 4.74 Å². The van der Waals surface area contributed by atoms with Gasteiger partial charge in [-0.05, 0) is 62.2 Å². The zero-order chi connectivity index (χ0) is 21.8. The Kier molecular flexibility index (Phi) is 4.51. The summed E-state index contributed by atoms with van der Waals surface area (Å²) in [5.74, 6) is 2.80. The SMILES string of the molecule is Cc1ccc(C)c(OCc2ccc(-c3nc4c5c6c(sc5ncn4n3)CN(C)CC6)o2)c1. The molecule has 0 saturated heterocycles. The van der Waals surface area contributed by atoms with Crippen LogP contribution in [0.1, 0.15) is 27.3 Å². The van der Waals surface area contributed by atoms with Crippen LogP contribution in [0.3, 0.4) is 0 Å². The first-order valence-electron chi connectivity index (χ1n) is 10.7. The van der Waals surface area contributed by atoms with Crippen LogP contribution in [0, 0.1) is 13.8 Å². The van der Waals surface area contributed by atoms with Gasteiger partial charge in [0.05, 0.1) is 5.39 Å². The number of aryl methyl sites for hydroxylation is 2. The highest BCUT2D eigenvalue weighted by Crippen LogP contribution is 2.36. The third kappa shape index (κ3) is 3.27. The molecular weight excluding hydrogens is 422 g/mol. The van der Waals surface area contributed by atoms with E-state index in [2.05, 4.69) is 41.1 Å². The lowest BCUT2D eigenvalue weighted by Crippen LogP contribution is -2.25. The Hall–Kier alpha value is -3.23. The molecule has 0 unspecified atom stereocenters. The minimum atomic E-state index is 0.356. The Labute approximate surface area is 189 Å². The largest absolute Gasteiger partial charge is 0.485 e. The van der Waals surface area contributed by atoms with Gasteiger partial charge in [-0.1, -0.05) is 12.1 Å².